The molecule has 0 aromatic heterocycles. The van der Waals surface area contributed by atoms with Crippen LogP contribution >= 0.6 is 0 Å². The van der Waals surface area contributed by atoms with E-state index in [1.54, 1.807) is 6.92 Å². The van der Waals surface area contributed by atoms with Crippen LogP contribution in [0.1, 0.15) is 11.1 Å². The van der Waals surface area contributed by atoms with Crippen molar-refractivity contribution in [1.82, 2.24) is 0 Å². The maximum atomic E-state index is 13.3. The van der Waals surface area contributed by atoms with E-state index in [2.05, 4.69) is 4.72 Å². The Labute approximate surface area is 187 Å². The van der Waals surface area contributed by atoms with Crippen molar-refractivity contribution in [2.45, 2.75) is 28.5 Å². The number of nitrogens with one attached hydrogen (secondary N) is 1. The molecule has 32 heavy (non-hydrogen) atoms. The molecule has 10 heteroatoms. The first kappa shape index (κ1) is 23.4. The van der Waals surface area contributed by atoms with E-state index in [1.807, 2.05) is 0 Å². The molecular formula is C22H23NO7S2. The predicted octanol–water partition coefficient (Wildman–Crippen LogP) is 3.66. The number of hydrogen-bond acceptors (Lipinski definition) is 7. The van der Waals surface area contributed by atoms with Crippen LogP contribution in [0.4, 0.5) is 5.69 Å². The average Bonchev–Trinajstić information content (AvgIpc) is 2.76. The third-order valence-electron chi connectivity index (χ3n) is 4.94. The Balaban J connectivity index is 2.10. The Kier molecular flexibility index (Phi) is 6.38. The van der Waals surface area contributed by atoms with E-state index in [0.29, 0.717) is 17.1 Å². The van der Waals surface area contributed by atoms with Crippen molar-refractivity contribution in [1.29, 1.82) is 0 Å². The molecule has 0 unspecified atom stereocenters. The number of phenolic OH excluding ortho intramolecular Hbond substituents is 1. The number of phenols is 1. The fourth-order valence-corrected chi connectivity index (χ4v) is 6.03. The third kappa shape index (κ3) is 4.37. The molecule has 0 aliphatic heterocycles. The van der Waals surface area contributed by atoms with Crippen LogP contribution in [0.15, 0.2) is 69.3 Å². The molecule has 0 aliphatic carbocycles. The highest BCUT2D eigenvalue weighted by atomic mass is 32.2. The molecule has 8 nitrogen and oxygen atoms in total. The van der Waals surface area contributed by atoms with Crippen LogP contribution in [0.2, 0.25) is 0 Å². The van der Waals surface area contributed by atoms with Gasteiger partial charge in [0.1, 0.15) is 22.1 Å². The standard InChI is InChI=1S/C22H23NO7S2/c1-14-13-20(24)22(31(25,26)18-9-5-16(29-3)6-10-18)15(2)21(14)23-32(27,28)19-11-7-17(30-4)8-12-19/h5-13,23-24H,1-4H3. The number of benzene rings is 3. The fraction of sp³-hybridized carbons (Fsp3) is 0.182. The minimum Gasteiger partial charge on any atom is -0.507 e. The van der Waals surface area contributed by atoms with Gasteiger partial charge in [0.05, 0.1) is 29.7 Å². The van der Waals surface area contributed by atoms with E-state index >= 15 is 0 Å². The van der Waals surface area contributed by atoms with Crippen LogP contribution in [0, 0.1) is 13.8 Å². The normalized spacial score (nSPS) is 11.8. The number of ether oxygens (including phenoxy) is 2. The van der Waals surface area contributed by atoms with Gasteiger partial charge in [-0.05, 0) is 79.6 Å². The molecule has 0 bridgehead atoms. The largest absolute Gasteiger partial charge is 0.507 e. The number of anilines is 1. The van der Waals surface area contributed by atoms with E-state index < -0.39 is 25.6 Å². The monoisotopic (exact) mass is 477 g/mol. The number of aromatic hydroxyl groups is 1. The summed E-state index contributed by atoms with van der Waals surface area (Å²) in [7, 11) is -5.25. The van der Waals surface area contributed by atoms with Crippen molar-refractivity contribution in [3.63, 3.8) is 0 Å². The lowest BCUT2D eigenvalue weighted by Gasteiger charge is -2.18. The molecule has 170 valence electrons. The highest BCUT2D eigenvalue weighted by Gasteiger charge is 2.28. The Bertz CT molecular complexity index is 1350. The summed E-state index contributed by atoms with van der Waals surface area (Å²) in [4.78, 5) is -0.463. The van der Waals surface area contributed by atoms with Gasteiger partial charge in [-0.25, -0.2) is 16.8 Å². The van der Waals surface area contributed by atoms with Crippen LogP contribution < -0.4 is 14.2 Å². The quantitative estimate of drug-likeness (QED) is 0.499. The van der Waals surface area contributed by atoms with Gasteiger partial charge in [0.25, 0.3) is 10.0 Å². The second-order valence-corrected chi connectivity index (χ2v) is 10.6. The lowest BCUT2D eigenvalue weighted by molar-refractivity contribution is 0.414. The van der Waals surface area contributed by atoms with E-state index in [-0.39, 0.29) is 25.9 Å². The molecule has 2 N–H and O–H groups in total. The SMILES string of the molecule is COc1ccc(S(=O)(=O)Nc2c(C)cc(O)c(S(=O)(=O)c3ccc(OC)cc3)c2C)cc1. The summed E-state index contributed by atoms with van der Waals surface area (Å²) in [5, 5.41) is 10.5. The molecule has 0 fully saturated rings. The Morgan fingerprint density at radius 1 is 0.781 bits per heavy atom. The van der Waals surface area contributed by atoms with Gasteiger partial charge in [0, 0.05) is 0 Å². The topological polar surface area (TPSA) is 119 Å². The molecule has 0 saturated carbocycles. The van der Waals surface area contributed by atoms with Crippen molar-refractivity contribution in [3.8, 4) is 17.2 Å². The number of aryl methyl sites for hydroxylation is 1. The average molecular weight is 478 g/mol. The van der Waals surface area contributed by atoms with Crippen LogP contribution in [0.25, 0.3) is 0 Å². The molecule has 0 atom stereocenters. The molecule has 3 aromatic rings. The highest BCUT2D eigenvalue weighted by Crippen LogP contribution is 2.38. The van der Waals surface area contributed by atoms with Crippen LogP contribution in [0.3, 0.4) is 0 Å². The molecule has 0 spiro atoms. The Morgan fingerprint density at radius 3 is 1.72 bits per heavy atom. The third-order valence-corrected chi connectivity index (χ3v) is 8.25. The zero-order valence-corrected chi connectivity index (χ0v) is 19.5. The Morgan fingerprint density at radius 2 is 1.25 bits per heavy atom. The van der Waals surface area contributed by atoms with Crippen molar-refractivity contribution in [2.24, 2.45) is 0 Å². The molecule has 0 amide bonds. The zero-order chi connectivity index (χ0) is 23.7. The predicted molar refractivity (Wildman–Crippen MR) is 120 cm³/mol. The number of methoxy groups -OCH3 is 2. The maximum Gasteiger partial charge on any atom is 0.261 e. The zero-order valence-electron chi connectivity index (χ0n) is 17.9. The van der Waals surface area contributed by atoms with Gasteiger partial charge < -0.3 is 14.6 Å². The van der Waals surface area contributed by atoms with Crippen LogP contribution in [-0.4, -0.2) is 36.2 Å². The highest BCUT2D eigenvalue weighted by molar-refractivity contribution is 7.93. The van der Waals surface area contributed by atoms with E-state index in [4.69, 9.17) is 9.47 Å². The van der Waals surface area contributed by atoms with Gasteiger partial charge in [0.2, 0.25) is 9.84 Å². The second-order valence-electron chi connectivity index (χ2n) is 7.00. The van der Waals surface area contributed by atoms with Gasteiger partial charge >= 0.3 is 0 Å². The van der Waals surface area contributed by atoms with Crippen LogP contribution in [0.5, 0.6) is 17.2 Å². The molecular weight excluding hydrogens is 454 g/mol. The number of sulfone groups is 1. The van der Waals surface area contributed by atoms with Crippen molar-refractivity contribution in [3.05, 3.63) is 65.7 Å². The van der Waals surface area contributed by atoms with Crippen LogP contribution in [-0.2, 0) is 19.9 Å². The molecule has 0 heterocycles. The fourth-order valence-electron chi connectivity index (χ4n) is 3.26. The summed E-state index contributed by atoms with van der Waals surface area (Å²) in [5.74, 6) is 0.499. The van der Waals surface area contributed by atoms with E-state index in [0.717, 1.165) is 0 Å². The molecule has 0 saturated heterocycles. The summed E-state index contributed by atoms with van der Waals surface area (Å²) < 4.78 is 64.9. The second kappa shape index (κ2) is 8.71. The first-order chi connectivity index (χ1) is 15.0. The van der Waals surface area contributed by atoms with Gasteiger partial charge in [0.15, 0.2) is 0 Å². The Hall–Kier alpha value is -3.24. The lowest BCUT2D eigenvalue weighted by atomic mass is 10.1. The summed E-state index contributed by atoms with van der Waals surface area (Å²) in [5.41, 5.74) is 0.520. The van der Waals surface area contributed by atoms with Crippen molar-refractivity contribution < 1.29 is 31.4 Å². The molecule has 0 aliphatic rings. The van der Waals surface area contributed by atoms with Crippen molar-refractivity contribution in [2.75, 3.05) is 18.9 Å². The van der Waals surface area contributed by atoms with Gasteiger partial charge in [-0.2, -0.15) is 0 Å². The van der Waals surface area contributed by atoms with E-state index in [9.17, 15) is 21.9 Å². The smallest absolute Gasteiger partial charge is 0.261 e. The van der Waals surface area contributed by atoms with Gasteiger partial charge in [-0.15, -0.1) is 0 Å². The summed E-state index contributed by atoms with van der Waals surface area (Å²) in [6.45, 7) is 3.01. The van der Waals surface area contributed by atoms with E-state index in [1.165, 1.54) is 75.7 Å². The van der Waals surface area contributed by atoms with Crippen molar-refractivity contribution >= 4 is 25.5 Å². The van der Waals surface area contributed by atoms with Gasteiger partial charge in [-0.1, -0.05) is 0 Å². The summed E-state index contributed by atoms with van der Waals surface area (Å²) in [6, 6.07) is 12.7. The number of sulfonamides is 1. The summed E-state index contributed by atoms with van der Waals surface area (Å²) >= 11 is 0. The molecule has 0 radical (unpaired) electrons. The summed E-state index contributed by atoms with van der Waals surface area (Å²) in [6.07, 6.45) is 0. The minimum absolute atomic E-state index is 0.0234. The first-order valence-corrected chi connectivity index (χ1v) is 12.4. The lowest BCUT2D eigenvalue weighted by Crippen LogP contribution is -2.16. The first-order valence-electron chi connectivity index (χ1n) is 9.40. The maximum absolute atomic E-state index is 13.3. The molecule has 3 aromatic carbocycles. The minimum atomic E-state index is -4.15. The number of rotatable bonds is 7. The number of hydrogen-bond donors (Lipinski definition) is 2. The molecule has 3 rings (SSSR count). The van der Waals surface area contributed by atoms with Gasteiger partial charge in [-0.3, -0.25) is 4.72 Å².